The van der Waals surface area contributed by atoms with Crippen LogP contribution in [0.4, 0.5) is 0 Å². The van der Waals surface area contributed by atoms with E-state index in [9.17, 15) is 9.59 Å². The van der Waals surface area contributed by atoms with Crippen molar-refractivity contribution in [2.24, 2.45) is 5.73 Å². The summed E-state index contributed by atoms with van der Waals surface area (Å²) < 4.78 is 5.43. The van der Waals surface area contributed by atoms with Crippen molar-refractivity contribution in [2.75, 3.05) is 20.7 Å². The molecule has 132 valence electrons. The van der Waals surface area contributed by atoms with Gasteiger partial charge in [0.05, 0.1) is 19.7 Å². The molecule has 2 amide bonds. The molecule has 0 heterocycles. The third-order valence-corrected chi connectivity index (χ3v) is 3.65. The van der Waals surface area contributed by atoms with Gasteiger partial charge in [0.25, 0.3) is 11.8 Å². The van der Waals surface area contributed by atoms with E-state index in [1.807, 2.05) is 18.2 Å². The lowest BCUT2D eigenvalue weighted by molar-refractivity contribution is -0.872. The van der Waals surface area contributed by atoms with Crippen LogP contribution in [0.5, 0.6) is 5.75 Å². The van der Waals surface area contributed by atoms with Crippen molar-refractivity contribution in [3.05, 3.63) is 65.2 Å². The lowest BCUT2D eigenvalue weighted by atomic mass is 10.1. The van der Waals surface area contributed by atoms with E-state index >= 15 is 0 Å². The van der Waals surface area contributed by atoms with Gasteiger partial charge in [-0.1, -0.05) is 36.4 Å². The maximum Gasteiger partial charge on any atom is 0.258 e. The number of nitrogens with one attached hydrogen (secondary N) is 2. The van der Waals surface area contributed by atoms with E-state index in [2.05, 4.69) is 25.5 Å². The number of para-hydroxylation sites is 1. The average Bonchev–Trinajstić information content (AvgIpc) is 2.59. The first-order valence-corrected chi connectivity index (χ1v) is 8.11. The Hall–Kier alpha value is -2.86. The van der Waals surface area contributed by atoms with Crippen LogP contribution in [-0.4, -0.2) is 32.5 Å². The molecule has 25 heavy (non-hydrogen) atoms. The molecule has 0 atom stereocenters. The summed E-state index contributed by atoms with van der Waals surface area (Å²) >= 11 is 0. The van der Waals surface area contributed by atoms with Gasteiger partial charge < -0.3 is 20.7 Å². The number of hydrogen-bond donors (Lipinski definition) is 3. The second kappa shape index (κ2) is 8.84. The van der Waals surface area contributed by atoms with Gasteiger partial charge in [-0.2, -0.15) is 0 Å². The highest BCUT2D eigenvalue weighted by Crippen LogP contribution is 2.16. The van der Waals surface area contributed by atoms with Crippen molar-refractivity contribution in [1.82, 2.24) is 5.32 Å². The summed E-state index contributed by atoms with van der Waals surface area (Å²) in [5.41, 5.74) is 7.82. The van der Waals surface area contributed by atoms with Crippen molar-refractivity contribution in [3.8, 4) is 5.75 Å². The summed E-state index contributed by atoms with van der Waals surface area (Å²) in [7, 11) is 4.17. The molecule has 0 spiro atoms. The molecular weight excluding hydrogens is 318 g/mol. The molecule has 0 saturated carbocycles. The lowest BCUT2D eigenvalue weighted by Gasteiger charge is -2.13. The van der Waals surface area contributed by atoms with Crippen LogP contribution in [-0.2, 0) is 17.9 Å². The quantitative estimate of drug-likeness (QED) is 0.637. The van der Waals surface area contributed by atoms with Crippen LogP contribution < -0.4 is 20.7 Å². The largest absolute Gasteiger partial charge is 0.483 e. The molecule has 0 radical (unpaired) electrons. The van der Waals surface area contributed by atoms with Crippen LogP contribution in [0.2, 0.25) is 0 Å². The van der Waals surface area contributed by atoms with Gasteiger partial charge in [-0.25, -0.2) is 0 Å². The Balaban J connectivity index is 1.91. The predicted octanol–water partition coefficient (Wildman–Crippen LogP) is 0.125. The van der Waals surface area contributed by atoms with Gasteiger partial charge in [-0.15, -0.1) is 0 Å². The molecule has 0 aliphatic heterocycles. The number of quaternary nitrogens is 1. The second-order valence-corrected chi connectivity index (χ2v) is 6.08. The number of nitrogens with two attached hydrogens (primary N) is 1. The molecule has 0 aliphatic rings. The third kappa shape index (κ3) is 5.61. The summed E-state index contributed by atoms with van der Waals surface area (Å²) in [5.74, 6) is -0.538. The van der Waals surface area contributed by atoms with E-state index in [0.29, 0.717) is 12.3 Å². The van der Waals surface area contributed by atoms with Gasteiger partial charge in [0.15, 0.2) is 6.61 Å². The Morgan fingerprint density at radius 3 is 2.36 bits per heavy atom. The van der Waals surface area contributed by atoms with Gasteiger partial charge in [-0.3, -0.25) is 9.59 Å². The van der Waals surface area contributed by atoms with E-state index in [1.165, 1.54) is 10.5 Å². The van der Waals surface area contributed by atoms with Crippen LogP contribution >= 0.6 is 0 Å². The van der Waals surface area contributed by atoms with Crippen molar-refractivity contribution in [1.29, 1.82) is 0 Å². The van der Waals surface area contributed by atoms with Crippen molar-refractivity contribution < 1.29 is 19.2 Å². The fraction of sp³-hybridized carbons (Fsp3) is 0.263. The maximum absolute atomic E-state index is 12.0. The van der Waals surface area contributed by atoms with Gasteiger partial charge in [0, 0.05) is 12.1 Å². The van der Waals surface area contributed by atoms with E-state index in [4.69, 9.17) is 10.5 Å². The number of ether oxygens (including phenoxy) is 1. The zero-order valence-corrected chi connectivity index (χ0v) is 14.5. The lowest BCUT2D eigenvalue weighted by Crippen LogP contribution is -3.04. The topological polar surface area (TPSA) is 85.9 Å². The number of carbonyl (C=O) groups is 2. The van der Waals surface area contributed by atoms with Crippen molar-refractivity contribution in [2.45, 2.75) is 13.1 Å². The van der Waals surface area contributed by atoms with Crippen LogP contribution in [0.1, 0.15) is 21.5 Å². The zero-order chi connectivity index (χ0) is 18.2. The first-order valence-electron chi connectivity index (χ1n) is 8.11. The molecule has 4 N–H and O–H groups in total. The smallest absolute Gasteiger partial charge is 0.258 e. The Kier molecular flexibility index (Phi) is 6.54. The summed E-state index contributed by atoms with van der Waals surface area (Å²) in [6, 6.07) is 14.6. The monoisotopic (exact) mass is 342 g/mol. The van der Waals surface area contributed by atoms with Crippen LogP contribution in [0, 0.1) is 0 Å². The van der Waals surface area contributed by atoms with Gasteiger partial charge in [0.1, 0.15) is 12.3 Å². The van der Waals surface area contributed by atoms with Gasteiger partial charge in [0.2, 0.25) is 0 Å². The molecule has 0 fully saturated rings. The van der Waals surface area contributed by atoms with E-state index < -0.39 is 5.91 Å². The molecule has 2 aromatic rings. The van der Waals surface area contributed by atoms with E-state index in [-0.39, 0.29) is 18.1 Å². The summed E-state index contributed by atoms with van der Waals surface area (Å²) in [5, 5.41) is 2.84. The Labute approximate surface area is 147 Å². The number of hydrogen-bond acceptors (Lipinski definition) is 3. The van der Waals surface area contributed by atoms with Crippen molar-refractivity contribution >= 4 is 11.8 Å². The minimum Gasteiger partial charge on any atom is -0.483 e. The minimum absolute atomic E-state index is 0.175. The Morgan fingerprint density at radius 2 is 1.68 bits per heavy atom. The summed E-state index contributed by atoms with van der Waals surface area (Å²) in [4.78, 5) is 24.7. The molecule has 6 nitrogen and oxygen atoms in total. The molecular formula is C19H24N3O3+. The molecule has 0 aromatic heterocycles. The second-order valence-electron chi connectivity index (χ2n) is 6.08. The fourth-order valence-corrected chi connectivity index (χ4v) is 2.47. The van der Waals surface area contributed by atoms with E-state index in [0.717, 1.165) is 12.1 Å². The Bertz CT molecular complexity index is 744. The number of rotatable bonds is 8. The molecule has 2 aromatic carbocycles. The number of primary amides is 1. The van der Waals surface area contributed by atoms with Gasteiger partial charge in [-0.05, 0) is 17.7 Å². The van der Waals surface area contributed by atoms with Crippen LogP contribution in [0.25, 0.3) is 0 Å². The minimum atomic E-state index is -0.587. The Morgan fingerprint density at radius 1 is 1.04 bits per heavy atom. The zero-order valence-electron chi connectivity index (χ0n) is 14.5. The number of carbonyl (C=O) groups excluding carboxylic acids is 2. The third-order valence-electron chi connectivity index (χ3n) is 3.65. The van der Waals surface area contributed by atoms with Crippen molar-refractivity contribution in [3.63, 3.8) is 0 Å². The highest BCUT2D eigenvalue weighted by atomic mass is 16.5. The van der Waals surface area contributed by atoms with E-state index in [1.54, 1.807) is 24.3 Å². The highest BCUT2D eigenvalue weighted by Gasteiger charge is 2.11. The molecule has 0 bridgehead atoms. The number of benzene rings is 2. The average molecular weight is 342 g/mol. The molecule has 6 heteroatoms. The normalized spacial score (nSPS) is 10.5. The van der Waals surface area contributed by atoms with Gasteiger partial charge >= 0.3 is 0 Å². The maximum atomic E-state index is 12.0. The molecule has 0 unspecified atom stereocenters. The SMILES string of the molecule is C[NH+](C)Cc1ccccc1CNC(=O)COc1ccccc1C(N)=O. The molecule has 0 aliphatic carbocycles. The standard InChI is InChI=1S/C19H23N3O3/c1-22(2)12-15-8-4-3-7-14(15)11-21-18(23)13-25-17-10-6-5-9-16(17)19(20)24/h3-10H,11-13H2,1-2H3,(H2,20,24)(H,21,23)/p+1. The molecule has 0 saturated heterocycles. The van der Waals surface area contributed by atoms with Crippen LogP contribution in [0.3, 0.4) is 0 Å². The highest BCUT2D eigenvalue weighted by molar-refractivity contribution is 5.95. The fourth-order valence-electron chi connectivity index (χ4n) is 2.47. The first kappa shape index (κ1) is 18.5. The summed E-state index contributed by atoms with van der Waals surface area (Å²) in [6.45, 7) is 1.14. The predicted molar refractivity (Wildman–Crippen MR) is 95.3 cm³/mol. The van der Waals surface area contributed by atoms with Crippen LogP contribution in [0.15, 0.2) is 48.5 Å². The number of amides is 2. The summed E-state index contributed by atoms with van der Waals surface area (Å²) in [6.07, 6.45) is 0. The molecule has 2 rings (SSSR count). The first-order chi connectivity index (χ1) is 12.0.